The van der Waals surface area contributed by atoms with E-state index in [-0.39, 0.29) is 35.2 Å². The number of carbonyl (C=O) groups excluding carboxylic acids is 1. The molecular formula is C30H42O7. The van der Waals surface area contributed by atoms with Gasteiger partial charge in [-0.25, -0.2) is 0 Å². The molecule has 6 fully saturated rings. The number of ether oxygens (including phenoxy) is 5. The smallest absolute Gasteiger partial charge is 0.213 e. The molecule has 0 aromatic carbocycles. The summed E-state index contributed by atoms with van der Waals surface area (Å²) in [5.74, 6) is -1.63. The number of rotatable bonds is 3. The van der Waals surface area contributed by atoms with E-state index < -0.39 is 34.6 Å². The van der Waals surface area contributed by atoms with Crippen LogP contribution in [-0.4, -0.2) is 54.2 Å². The molecule has 1 N–H and O–H groups in total. The second-order valence-corrected chi connectivity index (χ2v) is 14.3. The average molecular weight is 515 g/mol. The number of aliphatic hydroxyl groups excluding tert-OH is 1. The molecule has 3 spiro atoms. The summed E-state index contributed by atoms with van der Waals surface area (Å²) < 4.78 is 33.0. The zero-order chi connectivity index (χ0) is 26.3. The van der Waals surface area contributed by atoms with Gasteiger partial charge < -0.3 is 28.8 Å². The first-order valence-corrected chi connectivity index (χ1v) is 14.3. The molecule has 4 aliphatic heterocycles. The van der Waals surface area contributed by atoms with Crippen molar-refractivity contribution in [3.05, 3.63) is 23.5 Å². The van der Waals surface area contributed by atoms with Crippen molar-refractivity contribution >= 4 is 5.78 Å². The quantitative estimate of drug-likeness (QED) is 0.556. The summed E-state index contributed by atoms with van der Waals surface area (Å²) in [5, 5.41) is 12.5. The van der Waals surface area contributed by atoms with E-state index in [0.29, 0.717) is 24.7 Å². The largest absolute Gasteiger partial charge is 0.469 e. The van der Waals surface area contributed by atoms with Crippen LogP contribution in [0.2, 0.25) is 0 Å². The number of allylic oxidation sites excluding steroid dienone is 1. The zero-order valence-electron chi connectivity index (χ0n) is 23.1. The first kappa shape index (κ1) is 24.8. The van der Waals surface area contributed by atoms with Gasteiger partial charge in [0.05, 0.1) is 24.7 Å². The molecule has 8 rings (SSSR count). The van der Waals surface area contributed by atoms with Gasteiger partial charge in [-0.05, 0) is 67.9 Å². The fourth-order valence-electron chi connectivity index (χ4n) is 10.1. The standard InChI is InChI=1S/C30H42O7/c1-15(2)13-33-20-11-8-17-12-26(4,5)21-23(32)30-29-19(28(21,14-34-30)24(17)35-20)10-9-18(16(3)22(29)31)25(29)36-27(6,7)37-30/h15,18-21,23,25,32H,3,8-14H2,1-2,4-7H3/t18-,19-,20-,21+,23-,25+,28-,29-,30-/m0/s1. The number of fused-ring (bicyclic) bond motifs is 1. The van der Waals surface area contributed by atoms with Gasteiger partial charge >= 0.3 is 0 Å². The fourth-order valence-corrected chi connectivity index (χ4v) is 10.1. The van der Waals surface area contributed by atoms with Crippen LogP contribution in [0.1, 0.15) is 73.6 Å². The molecule has 4 bridgehead atoms. The predicted octanol–water partition coefficient (Wildman–Crippen LogP) is 4.49. The Kier molecular flexibility index (Phi) is 4.87. The van der Waals surface area contributed by atoms with E-state index in [1.165, 1.54) is 5.57 Å². The number of ketones is 1. The highest BCUT2D eigenvalue weighted by Gasteiger charge is 2.90. The second kappa shape index (κ2) is 7.28. The van der Waals surface area contributed by atoms with Crippen LogP contribution < -0.4 is 0 Å². The highest BCUT2D eigenvalue weighted by atomic mass is 16.8. The SMILES string of the molecule is C=C1C(=O)[C@@]23[C@@H]4OC(C)(C)O[C@]25OC[C@]2(C6=C(CC[C@@H](OCC(C)C)O6)CC(C)(C)[C@H]2[C@@H]5O)[C@@H]3CC[C@@H]14. The third-order valence-electron chi connectivity index (χ3n) is 10.8. The molecular weight excluding hydrogens is 472 g/mol. The molecule has 4 heterocycles. The Balaban J connectivity index is 1.44. The van der Waals surface area contributed by atoms with Crippen LogP contribution in [0.25, 0.3) is 0 Å². The van der Waals surface area contributed by atoms with Crippen molar-refractivity contribution in [2.24, 2.45) is 39.9 Å². The van der Waals surface area contributed by atoms with Gasteiger partial charge in [-0.15, -0.1) is 0 Å². The van der Waals surface area contributed by atoms with E-state index in [1.54, 1.807) is 0 Å². The van der Waals surface area contributed by atoms with Crippen molar-refractivity contribution in [2.45, 2.75) is 104 Å². The maximum atomic E-state index is 14.4. The van der Waals surface area contributed by atoms with Crippen molar-refractivity contribution < 1.29 is 33.6 Å². The van der Waals surface area contributed by atoms with Crippen LogP contribution in [-0.2, 0) is 28.5 Å². The number of Topliss-reactive ketones (excluding diaryl/α,β-unsaturated/α-hetero) is 1. The molecule has 0 aromatic rings. The Hall–Kier alpha value is -1.25. The monoisotopic (exact) mass is 514 g/mol. The number of carbonyl (C=O) groups is 1. The van der Waals surface area contributed by atoms with Crippen molar-refractivity contribution in [1.82, 2.24) is 0 Å². The van der Waals surface area contributed by atoms with E-state index in [2.05, 4.69) is 34.3 Å². The maximum Gasteiger partial charge on any atom is 0.213 e. The lowest BCUT2D eigenvalue weighted by atomic mass is 9.36. The van der Waals surface area contributed by atoms with Gasteiger partial charge in [-0.3, -0.25) is 4.79 Å². The molecule has 0 unspecified atom stereocenters. The Morgan fingerprint density at radius 3 is 2.65 bits per heavy atom. The zero-order valence-corrected chi connectivity index (χ0v) is 23.1. The molecule has 7 nitrogen and oxygen atoms in total. The van der Waals surface area contributed by atoms with Gasteiger partial charge in [0.1, 0.15) is 17.3 Å². The summed E-state index contributed by atoms with van der Waals surface area (Å²) in [4.78, 5) is 14.4. The van der Waals surface area contributed by atoms with Crippen LogP contribution in [0.3, 0.4) is 0 Å². The molecule has 0 amide bonds. The van der Waals surface area contributed by atoms with E-state index in [4.69, 9.17) is 23.7 Å². The van der Waals surface area contributed by atoms with E-state index in [9.17, 15) is 9.90 Å². The third-order valence-corrected chi connectivity index (χ3v) is 10.8. The van der Waals surface area contributed by atoms with Crippen molar-refractivity contribution in [3.63, 3.8) is 0 Å². The molecule has 37 heavy (non-hydrogen) atoms. The second-order valence-electron chi connectivity index (χ2n) is 14.3. The Labute approximate surface area is 219 Å². The van der Waals surface area contributed by atoms with Gasteiger partial charge in [-0.2, -0.15) is 0 Å². The van der Waals surface area contributed by atoms with Gasteiger partial charge in [0.2, 0.25) is 5.79 Å². The topological polar surface area (TPSA) is 83.5 Å². The minimum Gasteiger partial charge on any atom is -0.469 e. The highest BCUT2D eigenvalue weighted by Crippen LogP contribution is 2.80. The summed E-state index contributed by atoms with van der Waals surface area (Å²) in [7, 11) is 0. The van der Waals surface area contributed by atoms with E-state index in [1.807, 2.05) is 13.8 Å². The minimum absolute atomic E-state index is 0.0500. The lowest BCUT2D eigenvalue weighted by molar-refractivity contribution is -0.527. The maximum absolute atomic E-state index is 14.4. The van der Waals surface area contributed by atoms with Crippen molar-refractivity contribution in [2.75, 3.05) is 13.2 Å². The molecule has 0 radical (unpaired) electrons. The molecule has 7 heteroatoms. The molecule has 0 aromatic heterocycles. The predicted molar refractivity (Wildman–Crippen MR) is 134 cm³/mol. The molecule has 8 aliphatic rings. The fraction of sp³-hybridized carbons (Fsp3) is 0.833. The third kappa shape index (κ3) is 2.69. The van der Waals surface area contributed by atoms with Crippen LogP contribution in [0.5, 0.6) is 0 Å². The van der Waals surface area contributed by atoms with Crippen LogP contribution in [0.15, 0.2) is 23.5 Å². The number of hydrogen-bond acceptors (Lipinski definition) is 7. The lowest BCUT2D eigenvalue weighted by Gasteiger charge is -2.77. The Morgan fingerprint density at radius 1 is 1.16 bits per heavy atom. The van der Waals surface area contributed by atoms with Crippen molar-refractivity contribution in [3.8, 4) is 0 Å². The Morgan fingerprint density at radius 2 is 1.92 bits per heavy atom. The first-order chi connectivity index (χ1) is 17.3. The van der Waals surface area contributed by atoms with Gasteiger partial charge in [0, 0.05) is 18.3 Å². The lowest BCUT2D eigenvalue weighted by Crippen LogP contribution is -2.87. The minimum atomic E-state index is -1.47. The molecule has 4 aliphatic carbocycles. The van der Waals surface area contributed by atoms with Crippen LogP contribution >= 0.6 is 0 Å². The normalized spacial score (nSPS) is 50.5. The van der Waals surface area contributed by atoms with Crippen LogP contribution in [0.4, 0.5) is 0 Å². The van der Waals surface area contributed by atoms with Gasteiger partial charge in [0.15, 0.2) is 17.9 Å². The van der Waals surface area contributed by atoms with Crippen molar-refractivity contribution in [1.29, 1.82) is 0 Å². The summed E-state index contributed by atoms with van der Waals surface area (Å²) in [6.45, 7) is 17.7. The van der Waals surface area contributed by atoms with Gasteiger partial charge in [0.25, 0.3) is 0 Å². The molecule has 3 saturated heterocycles. The van der Waals surface area contributed by atoms with E-state index >= 15 is 0 Å². The number of hydrogen-bond donors (Lipinski definition) is 1. The number of aliphatic hydroxyl groups is 1. The molecule has 204 valence electrons. The first-order valence-electron chi connectivity index (χ1n) is 14.3. The Bertz CT molecular complexity index is 1110. The summed E-state index contributed by atoms with van der Waals surface area (Å²) in [6.07, 6.45) is 2.41. The summed E-state index contributed by atoms with van der Waals surface area (Å²) >= 11 is 0. The summed E-state index contributed by atoms with van der Waals surface area (Å²) in [6, 6.07) is 0. The van der Waals surface area contributed by atoms with Crippen LogP contribution in [0, 0.1) is 39.9 Å². The highest BCUT2D eigenvalue weighted by molar-refractivity contribution is 6.05. The van der Waals surface area contributed by atoms with E-state index in [0.717, 1.165) is 37.9 Å². The molecule has 3 saturated carbocycles. The average Bonchev–Trinajstić information content (AvgIpc) is 2.92. The summed E-state index contributed by atoms with van der Waals surface area (Å²) in [5.41, 5.74) is -0.153. The molecule has 9 atom stereocenters. The van der Waals surface area contributed by atoms with Gasteiger partial charge in [-0.1, -0.05) is 34.3 Å².